The molecule has 0 spiro atoms. The molecule has 2 aromatic carbocycles. The highest BCUT2D eigenvalue weighted by Gasteiger charge is 2.14. The second-order valence-electron chi connectivity index (χ2n) is 7.54. The first-order valence-corrected chi connectivity index (χ1v) is 9.07. The Morgan fingerprint density at radius 2 is 1.59 bits per heavy atom. The van der Waals surface area contributed by atoms with E-state index in [0.29, 0.717) is 12.1 Å². The molecule has 2 N–H and O–H groups in total. The second-order valence-corrected chi connectivity index (χ2v) is 7.54. The van der Waals surface area contributed by atoms with Gasteiger partial charge in [-0.05, 0) is 52.9 Å². The van der Waals surface area contributed by atoms with Crippen molar-refractivity contribution in [1.29, 1.82) is 0 Å². The van der Waals surface area contributed by atoms with Gasteiger partial charge in [-0.2, -0.15) is 0 Å². The number of pyridine rings is 1. The van der Waals surface area contributed by atoms with Crippen molar-refractivity contribution in [2.24, 2.45) is 0 Å². The molecule has 0 aliphatic rings. The molecule has 0 atom stereocenters. The van der Waals surface area contributed by atoms with E-state index in [1.807, 2.05) is 48.5 Å². The molecule has 0 aliphatic heterocycles. The molecule has 3 aromatic rings. The van der Waals surface area contributed by atoms with E-state index in [-0.39, 0.29) is 11.3 Å². The molecule has 4 heteroatoms. The van der Waals surface area contributed by atoms with Gasteiger partial charge < -0.3 is 10.6 Å². The molecule has 1 aromatic heterocycles. The minimum absolute atomic E-state index is 0.0893. The quantitative estimate of drug-likeness (QED) is 0.655. The van der Waals surface area contributed by atoms with E-state index >= 15 is 0 Å². The number of carbonyl (C=O) groups excluding carboxylic acids is 1. The maximum absolute atomic E-state index is 12.8. The zero-order valence-electron chi connectivity index (χ0n) is 16.0. The van der Waals surface area contributed by atoms with E-state index in [2.05, 4.69) is 48.5 Å². The SMILES string of the molecule is CC(C)(C)c1ccc(NC(=O)c2ccccc2NCc2ccncc2)cc1. The molecule has 27 heavy (non-hydrogen) atoms. The monoisotopic (exact) mass is 359 g/mol. The highest BCUT2D eigenvalue weighted by molar-refractivity contribution is 6.08. The zero-order valence-corrected chi connectivity index (χ0v) is 16.0. The number of hydrogen-bond acceptors (Lipinski definition) is 3. The normalized spacial score (nSPS) is 11.1. The molecule has 1 amide bonds. The van der Waals surface area contributed by atoms with Crippen LogP contribution in [0.25, 0.3) is 0 Å². The molecule has 0 aliphatic carbocycles. The second kappa shape index (κ2) is 8.04. The molecule has 1 heterocycles. The lowest BCUT2D eigenvalue weighted by Crippen LogP contribution is -2.15. The molecule has 0 unspecified atom stereocenters. The Bertz CT molecular complexity index is 897. The fraction of sp³-hybridized carbons (Fsp3) is 0.217. The average Bonchev–Trinajstić information content (AvgIpc) is 2.67. The van der Waals surface area contributed by atoms with Crippen LogP contribution in [-0.2, 0) is 12.0 Å². The van der Waals surface area contributed by atoms with Crippen molar-refractivity contribution in [3.8, 4) is 0 Å². The Balaban J connectivity index is 1.71. The van der Waals surface area contributed by atoms with Gasteiger partial charge in [-0.1, -0.05) is 45.0 Å². The fourth-order valence-corrected chi connectivity index (χ4v) is 2.79. The number of nitrogens with one attached hydrogen (secondary N) is 2. The third-order valence-corrected chi connectivity index (χ3v) is 4.41. The van der Waals surface area contributed by atoms with E-state index in [1.165, 1.54) is 5.56 Å². The summed E-state index contributed by atoms with van der Waals surface area (Å²) >= 11 is 0. The van der Waals surface area contributed by atoms with Crippen molar-refractivity contribution in [1.82, 2.24) is 4.98 Å². The maximum atomic E-state index is 12.8. The van der Waals surface area contributed by atoms with Crippen LogP contribution in [0.3, 0.4) is 0 Å². The predicted octanol–water partition coefficient (Wildman–Crippen LogP) is 5.24. The van der Waals surface area contributed by atoms with Gasteiger partial charge in [0.1, 0.15) is 0 Å². The summed E-state index contributed by atoms with van der Waals surface area (Å²) in [6.45, 7) is 7.15. The number of aromatic nitrogens is 1. The summed E-state index contributed by atoms with van der Waals surface area (Å²) in [6.07, 6.45) is 3.52. The first kappa shape index (κ1) is 18.6. The molecule has 0 fully saturated rings. The molecular weight excluding hydrogens is 334 g/mol. The van der Waals surface area contributed by atoms with Crippen LogP contribution in [-0.4, -0.2) is 10.9 Å². The van der Waals surface area contributed by atoms with Gasteiger partial charge in [0.15, 0.2) is 0 Å². The number of hydrogen-bond donors (Lipinski definition) is 2. The number of rotatable bonds is 5. The standard InChI is InChI=1S/C23H25N3O/c1-23(2,3)18-8-10-19(11-9-18)26-22(27)20-6-4-5-7-21(20)25-16-17-12-14-24-15-13-17/h4-15,25H,16H2,1-3H3,(H,26,27). The molecule has 138 valence electrons. The lowest BCUT2D eigenvalue weighted by molar-refractivity contribution is 0.102. The molecule has 0 saturated carbocycles. The first-order chi connectivity index (χ1) is 12.9. The van der Waals surface area contributed by atoms with Crippen LogP contribution < -0.4 is 10.6 Å². The first-order valence-electron chi connectivity index (χ1n) is 9.07. The molecule has 3 rings (SSSR count). The molecule has 4 nitrogen and oxygen atoms in total. The summed E-state index contributed by atoms with van der Waals surface area (Å²) < 4.78 is 0. The summed E-state index contributed by atoms with van der Waals surface area (Å²) in [4.78, 5) is 16.8. The molecule has 0 bridgehead atoms. The van der Waals surface area contributed by atoms with Gasteiger partial charge in [0.2, 0.25) is 0 Å². The van der Waals surface area contributed by atoms with E-state index in [4.69, 9.17) is 0 Å². The number of carbonyl (C=O) groups is 1. The summed E-state index contributed by atoms with van der Waals surface area (Å²) in [5.41, 5.74) is 4.64. The van der Waals surface area contributed by atoms with Gasteiger partial charge in [-0.3, -0.25) is 9.78 Å². The molecule has 0 radical (unpaired) electrons. The predicted molar refractivity (Wildman–Crippen MR) is 111 cm³/mol. The van der Waals surface area contributed by atoms with Crippen molar-refractivity contribution >= 4 is 17.3 Å². The van der Waals surface area contributed by atoms with Gasteiger partial charge in [0, 0.05) is 30.3 Å². The fourth-order valence-electron chi connectivity index (χ4n) is 2.79. The maximum Gasteiger partial charge on any atom is 0.257 e. The lowest BCUT2D eigenvalue weighted by Gasteiger charge is -2.19. The van der Waals surface area contributed by atoms with Gasteiger partial charge >= 0.3 is 0 Å². The van der Waals surface area contributed by atoms with Crippen molar-refractivity contribution in [3.63, 3.8) is 0 Å². The van der Waals surface area contributed by atoms with Crippen LogP contribution in [0.5, 0.6) is 0 Å². The smallest absolute Gasteiger partial charge is 0.257 e. The number of nitrogens with zero attached hydrogens (tertiary/aromatic N) is 1. The topological polar surface area (TPSA) is 54.0 Å². The Morgan fingerprint density at radius 1 is 0.926 bits per heavy atom. The van der Waals surface area contributed by atoms with E-state index in [9.17, 15) is 4.79 Å². The summed E-state index contributed by atoms with van der Waals surface area (Å²) in [5.74, 6) is -0.128. The Morgan fingerprint density at radius 3 is 2.26 bits per heavy atom. The van der Waals surface area contributed by atoms with Gasteiger partial charge in [-0.15, -0.1) is 0 Å². The van der Waals surface area contributed by atoms with Crippen LogP contribution in [0, 0.1) is 0 Å². The van der Waals surface area contributed by atoms with Crippen molar-refractivity contribution < 1.29 is 4.79 Å². The highest BCUT2D eigenvalue weighted by Crippen LogP contribution is 2.24. The van der Waals surface area contributed by atoms with Gasteiger partial charge in [0.25, 0.3) is 5.91 Å². The van der Waals surface area contributed by atoms with Gasteiger partial charge in [0.05, 0.1) is 5.56 Å². The summed E-state index contributed by atoms with van der Waals surface area (Å²) in [7, 11) is 0. The Kier molecular flexibility index (Phi) is 5.55. The summed E-state index contributed by atoms with van der Waals surface area (Å²) in [5, 5.41) is 6.32. The average molecular weight is 359 g/mol. The van der Waals surface area contributed by atoms with Crippen molar-refractivity contribution in [2.45, 2.75) is 32.7 Å². The van der Waals surface area contributed by atoms with Crippen LogP contribution >= 0.6 is 0 Å². The number of amides is 1. The van der Waals surface area contributed by atoms with Crippen molar-refractivity contribution in [3.05, 3.63) is 89.7 Å². The molecular formula is C23H25N3O. The molecule has 0 saturated heterocycles. The lowest BCUT2D eigenvalue weighted by atomic mass is 9.87. The number of para-hydroxylation sites is 1. The van der Waals surface area contributed by atoms with E-state index in [1.54, 1.807) is 12.4 Å². The third-order valence-electron chi connectivity index (χ3n) is 4.41. The third kappa shape index (κ3) is 4.94. The Hall–Kier alpha value is -3.14. The van der Waals surface area contributed by atoms with E-state index < -0.39 is 0 Å². The van der Waals surface area contributed by atoms with Crippen LogP contribution in [0.2, 0.25) is 0 Å². The highest BCUT2D eigenvalue weighted by atomic mass is 16.1. The van der Waals surface area contributed by atoms with Crippen molar-refractivity contribution in [2.75, 3.05) is 10.6 Å². The Labute approximate surface area is 160 Å². The minimum Gasteiger partial charge on any atom is -0.380 e. The zero-order chi connectivity index (χ0) is 19.3. The number of benzene rings is 2. The minimum atomic E-state index is -0.128. The summed E-state index contributed by atoms with van der Waals surface area (Å²) in [6, 6.07) is 19.5. The van der Waals surface area contributed by atoms with Crippen LogP contribution in [0.4, 0.5) is 11.4 Å². The van der Waals surface area contributed by atoms with Crippen LogP contribution in [0.1, 0.15) is 42.3 Å². The van der Waals surface area contributed by atoms with E-state index in [0.717, 1.165) is 16.9 Å². The number of anilines is 2. The van der Waals surface area contributed by atoms with Crippen LogP contribution in [0.15, 0.2) is 73.1 Å². The largest absolute Gasteiger partial charge is 0.380 e. The van der Waals surface area contributed by atoms with Gasteiger partial charge in [-0.25, -0.2) is 0 Å².